The number of anilines is 4. The molecule has 1 heterocycles. The third-order valence-electron chi connectivity index (χ3n) is 3.91. The predicted molar refractivity (Wildman–Crippen MR) is 104 cm³/mol. The van der Waals surface area contributed by atoms with Crippen molar-refractivity contribution >= 4 is 39.1 Å². The number of halogens is 4. The highest BCUT2D eigenvalue weighted by Gasteiger charge is 2.35. The topological polar surface area (TPSA) is 41.1 Å². The first kappa shape index (κ1) is 19.2. The Hall–Kier alpha value is -2.61. The molecule has 0 saturated carbocycles. The fourth-order valence-corrected chi connectivity index (χ4v) is 2.65. The number of hydrogen-bond donors (Lipinski definition) is 1. The maximum absolute atomic E-state index is 13.4. The quantitative estimate of drug-likeness (QED) is 0.538. The maximum atomic E-state index is 13.4. The van der Waals surface area contributed by atoms with E-state index < -0.39 is 11.7 Å². The molecule has 0 radical (unpaired) electrons. The Morgan fingerprint density at radius 1 is 1.00 bits per heavy atom. The molecule has 0 aliphatic heterocycles. The van der Waals surface area contributed by atoms with Crippen molar-refractivity contribution in [1.29, 1.82) is 0 Å². The monoisotopic (exact) mass is 436 g/mol. The van der Waals surface area contributed by atoms with Crippen LogP contribution in [0.3, 0.4) is 0 Å². The van der Waals surface area contributed by atoms with Gasteiger partial charge in [-0.2, -0.15) is 18.2 Å². The maximum Gasteiger partial charge on any atom is 0.421 e. The van der Waals surface area contributed by atoms with Crippen molar-refractivity contribution in [3.8, 4) is 0 Å². The molecular weight excluding hydrogens is 421 g/mol. The van der Waals surface area contributed by atoms with Gasteiger partial charge in [0, 0.05) is 29.1 Å². The van der Waals surface area contributed by atoms with Crippen LogP contribution in [0.25, 0.3) is 0 Å². The minimum atomic E-state index is -4.57. The zero-order valence-electron chi connectivity index (χ0n) is 14.5. The Morgan fingerprint density at radius 3 is 2.22 bits per heavy atom. The van der Waals surface area contributed by atoms with E-state index in [0.717, 1.165) is 21.9 Å². The van der Waals surface area contributed by atoms with E-state index in [4.69, 9.17) is 0 Å². The Balaban J connectivity index is 1.99. The van der Waals surface area contributed by atoms with Crippen molar-refractivity contribution in [2.45, 2.75) is 13.1 Å². The standard InChI is InChI=1S/C19H16BrF3N4/c1-12-3-9-15(10-4-12)27(2)18-24-11-16(19(21,22)23)17(26-18)25-14-7-5-13(20)6-8-14/h3-11H,1-2H3,(H,24,25,26). The van der Waals surface area contributed by atoms with Crippen LogP contribution in [0, 0.1) is 6.92 Å². The van der Waals surface area contributed by atoms with E-state index in [0.29, 0.717) is 5.69 Å². The SMILES string of the molecule is Cc1ccc(N(C)c2ncc(C(F)(F)F)c(Nc3ccc(Br)cc3)n2)cc1. The molecule has 0 amide bonds. The normalized spacial score (nSPS) is 11.3. The lowest BCUT2D eigenvalue weighted by atomic mass is 10.2. The van der Waals surface area contributed by atoms with E-state index in [2.05, 4.69) is 31.2 Å². The van der Waals surface area contributed by atoms with Crippen LogP contribution in [-0.2, 0) is 6.18 Å². The number of hydrogen-bond acceptors (Lipinski definition) is 4. The number of aryl methyl sites for hydroxylation is 1. The van der Waals surface area contributed by atoms with Gasteiger partial charge in [0.25, 0.3) is 0 Å². The van der Waals surface area contributed by atoms with Crippen LogP contribution in [-0.4, -0.2) is 17.0 Å². The van der Waals surface area contributed by atoms with Crippen molar-refractivity contribution in [1.82, 2.24) is 9.97 Å². The second kappa shape index (κ2) is 7.56. The van der Waals surface area contributed by atoms with E-state index in [1.807, 2.05) is 31.2 Å². The van der Waals surface area contributed by atoms with Crippen molar-refractivity contribution < 1.29 is 13.2 Å². The summed E-state index contributed by atoms with van der Waals surface area (Å²) in [7, 11) is 1.71. The summed E-state index contributed by atoms with van der Waals surface area (Å²) in [5.41, 5.74) is 1.42. The van der Waals surface area contributed by atoms with Crippen LogP contribution < -0.4 is 10.2 Å². The lowest BCUT2D eigenvalue weighted by molar-refractivity contribution is -0.137. The van der Waals surface area contributed by atoms with Gasteiger partial charge in [-0.15, -0.1) is 0 Å². The summed E-state index contributed by atoms with van der Waals surface area (Å²) >= 11 is 3.30. The number of rotatable bonds is 4. The number of aromatic nitrogens is 2. The highest BCUT2D eigenvalue weighted by atomic mass is 79.9. The second-order valence-electron chi connectivity index (χ2n) is 5.96. The molecule has 0 fully saturated rings. The molecule has 0 aliphatic rings. The Labute approximate surface area is 163 Å². The fraction of sp³-hybridized carbons (Fsp3) is 0.158. The fourth-order valence-electron chi connectivity index (χ4n) is 2.39. The van der Waals surface area contributed by atoms with Gasteiger partial charge in [-0.1, -0.05) is 33.6 Å². The molecule has 0 spiro atoms. The average molecular weight is 437 g/mol. The Kier molecular flexibility index (Phi) is 5.36. The van der Waals surface area contributed by atoms with E-state index in [1.165, 1.54) is 0 Å². The molecule has 2 aromatic carbocycles. The molecule has 140 valence electrons. The molecule has 3 rings (SSSR count). The average Bonchev–Trinajstić information content (AvgIpc) is 2.63. The van der Waals surface area contributed by atoms with Gasteiger partial charge in [0.15, 0.2) is 0 Å². The van der Waals surface area contributed by atoms with Crippen LogP contribution in [0.5, 0.6) is 0 Å². The summed E-state index contributed by atoms with van der Waals surface area (Å²) in [6, 6.07) is 14.3. The van der Waals surface area contributed by atoms with Crippen LogP contribution in [0.4, 0.5) is 36.3 Å². The number of alkyl halides is 3. The van der Waals surface area contributed by atoms with Gasteiger partial charge in [0.05, 0.1) is 0 Å². The highest BCUT2D eigenvalue weighted by molar-refractivity contribution is 9.10. The summed E-state index contributed by atoms with van der Waals surface area (Å²) in [4.78, 5) is 9.67. The number of nitrogens with zero attached hydrogens (tertiary/aromatic N) is 3. The summed E-state index contributed by atoms with van der Waals surface area (Å²) in [6.07, 6.45) is -3.77. The van der Waals surface area contributed by atoms with E-state index >= 15 is 0 Å². The van der Waals surface area contributed by atoms with Crippen molar-refractivity contribution in [2.75, 3.05) is 17.3 Å². The molecule has 3 aromatic rings. The molecule has 27 heavy (non-hydrogen) atoms. The molecule has 0 aliphatic carbocycles. The van der Waals surface area contributed by atoms with Crippen LogP contribution >= 0.6 is 15.9 Å². The zero-order chi connectivity index (χ0) is 19.6. The molecule has 0 unspecified atom stereocenters. The van der Waals surface area contributed by atoms with Crippen LogP contribution in [0.15, 0.2) is 59.2 Å². The van der Waals surface area contributed by atoms with Crippen molar-refractivity contribution in [2.24, 2.45) is 0 Å². The predicted octanol–water partition coefficient (Wildman–Crippen LogP) is 6.08. The molecule has 4 nitrogen and oxygen atoms in total. The number of nitrogens with one attached hydrogen (secondary N) is 1. The molecule has 8 heteroatoms. The molecule has 0 atom stereocenters. The summed E-state index contributed by atoms with van der Waals surface area (Å²) < 4.78 is 40.9. The van der Waals surface area contributed by atoms with Crippen LogP contribution in [0.1, 0.15) is 11.1 Å². The molecule has 0 bridgehead atoms. The van der Waals surface area contributed by atoms with Crippen molar-refractivity contribution in [3.05, 3.63) is 70.3 Å². The van der Waals surface area contributed by atoms with E-state index in [1.54, 1.807) is 36.2 Å². The third kappa shape index (κ3) is 4.57. The van der Waals surface area contributed by atoms with E-state index in [-0.39, 0.29) is 11.8 Å². The zero-order valence-corrected chi connectivity index (χ0v) is 16.1. The molecule has 1 aromatic heterocycles. The van der Waals surface area contributed by atoms with Gasteiger partial charge >= 0.3 is 6.18 Å². The van der Waals surface area contributed by atoms with Gasteiger partial charge in [0.1, 0.15) is 11.4 Å². The highest BCUT2D eigenvalue weighted by Crippen LogP contribution is 2.36. The Bertz CT molecular complexity index is 925. The first-order chi connectivity index (χ1) is 12.7. The lowest BCUT2D eigenvalue weighted by Gasteiger charge is -2.20. The smallest absolute Gasteiger partial charge is 0.340 e. The minimum Gasteiger partial charge on any atom is -0.340 e. The van der Waals surface area contributed by atoms with Gasteiger partial charge in [-0.3, -0.25) is 0 Å². The van der Waals surface area contributed by atoms with Crippen molar-refractivity contribution in [3.63, 3.8) is 0 Å². The van der Waals surface area contributed by atoms with Gasteiger partial charge in [0.2, 0.25) is 5.95 Å². The minimum absolute atomic E-state index is 0.159. The van der Waals surface area contributed by atoms with Gasteiger partial charge in [-0.05, 0) is 43.3 Å². The van der Waals surface area contributed by atoms with Gasteiger partial charge < -0.3 is 10.2 Å². The molecule has 1 N–H and O–H groups in total. The summed E-state index contributed by atoms with van der Waals surface area (Å²) in [5, 5.41) is 2.74. The number of benzene rings is 2. The molecule has 0 saturated heterocycles. The van der Waals surface area contributed by atoms with Gasteiger partial charge in [-0.25, -0.2) is 4.98 Å². The van der Waals surface area contributed by atoms with E-state index in [9.17, 15) is 13.2 Å². The summed E-state index contributed by atoms with van der Waals surface area (Å²) in [5.74, 6) is -0.139. The lowest BCUT2D eigenvalue weighted by Crippen LogP contribution is -2.17. The third-order valence-corrected chi connectivity index (χ3v) is 4.44. The largest absolute Gasteiger partial charge is 0.421 e. The van der Waals surface area contributed by atoms with Crippen LogP contribution in [0.2, 0.25) is 0 Å². The molecular formula is C19H16BrF3N4. The Morgan fingerprint density at radius 2 is 1.63 bits per heavy atom. The second-order valence-corrected chi connectivity index (χ2v) is 6.87. The first-order valence-corrected chi connectivity index (χ1v) is 8.80. The summed E-state index contributed by atoms with van der Waals surface area (Å²) in [6.45, 7) is 1.96. The first-order valence-electron chi connectivity index (χ1n) is 8.01.